The number of hydrogen-bond acceptors (Lipinski definition) is 6. The van der Waals surface area contributed by atoms with Crippen molar-refractivity contribution >= 4 is 29.4 Å². The Morgan fingerprint density at radius 1 is 1.56 bits per heavy atom. The van der Waals surface area contributed by atoms with Crippen molar-refractivity contribution in [2.45, 2.75) is 18.8 Å². The van der Waals surface area contributed by atoms with Crippen LogP contribution in [0.3, 0.4) is 0 Å². The topological polar surface area (TPSA) is 88.3 Å². The van der Waals surface area contributed by atoms with Crippen molar-refractivity contribution in [3.05, 3.63) is 5.89 Å². The maximum absolute atomic E-state index is 11.4. The number of imide groups is 1. The predicted octanol–water partition coefficient (Wildman–Crippen LogP) is -0.340. The van der Waals surface area contributed by atoms with E-state index in [1.54, 1.807) is 6.92 Å². The lowest BCUT2D eigenvalue weighted by Gasteiger charge is -2.29. The lowest BCUT2D eigenvalue weighted by atomic mass is 10.2. The fourth-order valence-corrected chi connectivity index (χ4v) is 1.47. The molecule has 16 heavy (non-hydrogen) atoms. The third-order valence-corrected chi connectivity index (χ3v) is 2.47. The molecule has 1 aromatic heterocycles. The molecule has 0 spiro atoms. The summed E-state index contributed by atoms with van der Waals surface area (Å²) in [5.74, 6) is -0.437. The minimum atomic E-state index is -0.527. The van der Waals surface area contributed by atoms with Crippen molar-refractivity contribution in [2.24, 2.45) is 0 Å². The molecule has 7 nitrogen and oxygen atoms in total. The number of halogens is 1. The van der Waals surface area contributed by atoms with Crippen LogP contribution in [0.5, 0.6) is 0 Å². The number of hydrogen-bond donors (Lipinski definition) is 1. The summed E-state index contributed by atoms with van der Waals surface area (Å²) in [5, 5.41) is 9.60. The molecule has 1 saturated heterocycles. The van der Waals surface area contributed by atoms with E-state index in [9.17, 15) is 9.59 Å². The van der Waals surface area contributed by atoms with E-state index in [-0.39, 0.29) is 30.2 Å². The second-order valence-electron chi connectivity index (χ2n) is 3.33. The molecular weight excluding hydrogens is 236 g/mol. The molecule has 2 rings (SSSR count). The zero-order chi connectivity index (χ0) is 11.7. The average Bonchev–Trinajstić information content (AvgIpc) is 2.71. The van der Waals surface area contributed by atoms with E-state index in [4.69, 9.17) is 16.0 Å². The van der Waals surface area contributed by atoms with E-state index < -0.39 is 11.9 Å². The van der Waals surface area contributed by atoms with Crippen LogP contribution in [0, 0.1) is 0 Å². The van der Waals surface area contributed by atoms with Gasteiger partial charge in [-0.2, -0.15) is 0 Å². The summed E-state index contributed by atoms with van der Waals surface area (Å²) in [7, 11) is 0. The highest BCUT2D eigenvalue weighted by Crippen LogP contribution is 2.17. The summed E-state index contributed by atoms with van der Waals surface area (Å²) in [6, 6.07) is -0.396. The Hall–Kier alpha value is -1.63. The van der Waals surface area contributed by atoms with Crippen molar-refractivity contribution in [1.29, 1.82) is 0 Å². The molecule has 1 aromatic rings. The number of amides is 2. The van der Waals surface area contributed by atoms with Crippen molar-refractivity contribution in [3.8, 4) is 0 Å². The van der Waals surface area contributed by atoms with Gasteiger partial charge < -0.3 is 9.32 Å². The first-order valence-corrected chi connectivity index (χ1v) is 5.14. The van der Waals surface area contributed by atoms with Crippen LogP contribution in [0.1, 0.15) is 12.8 Å². The van der Waals surface area contributed by atoms with Gasteiger partial charge in [-0.15, -0.1) is 16.7 Å². The number of rotatable bonds is 2. The largest absolute Gasteiger partial charge is 0.407 e. The Bertz CT molecular complexity index is 433. The van der Waals surface area contributed by atoms with Crippen LogP contribution in [0.2, 0.25) is 0 Å². The minimum Gasteiger partial charge on any atom is -0.407 e. The third-order valence-electron chi connectivity index (χ3n) is 2.24. The molecule has 1 atom stereocenters. The molecule has 86 valence electrons. The summed E-state index contributed by atoms with van der Waals surface area (Å²) in [4.78, 5) is 24.0. The van der Waals surface area contributed by atoms with E-state index in [1.165, 1.54) is 4.90 Å². The summed E-state index contributed by atoms with van der Waals surface area (Å²) in [5.41, 5.74) is 0. The molecular formula is C8H9ClN4O3. The van der Waals surface area contributed by atoms with Gasteiger partial charge in [-0.1, -0.05) is 5.10 Å². The van der Waals surface area contributed by atoms with Crippen molar-refractivity contribution in [3.63, 3.8) is 0 Å². The Balaban J connectivity index is 2.24. The predicted molar refractivity (Wildman–Crippen MR) is 53.8 cm³/mol. The molecule has 0 aromatic carbocycles. The van der Waals surface area contributed by atoms with Gasteiger partial charge in [-0.3, -0.25) is 14.9 Å². The summed E-state index contributed by atoms with van der Waals surface area (Å²) < 4.78 is 5.18. The molecule has 1 unspecified atom stereocenters. The van der Waals surface area contributed by atoms with Gasteiger partial charge >= 0.3 is 6.01 Å². The first-order chi connectivity index (χ1) is 7.61. The summed E-state index contributed by atoms with van der Waals surface area (Å²) in [6.07, 6.45) is 0. The van der Waals surface area contributed by atoms with Crippen LogP contribution in [-0.4, -0.2) is 34.6 Å². The van der Waals surface area contributed by atoms with Crippen molar-refractivity contribution in [2.75, 3.05) is 11.4 Å². The Labute approximate surface area is 95.8 Å². The number of aromatic nitrogens is 2. The lowest BCUT2D eigenvalue weighted by molar-refractivity contribution is -0.132. The van der Waals surface area contributed by atoms with E-state index in [2.05, 4.69) is 15.5 Å². The monoisotopic (exact) mass is 244 g/mol. The maximum atomic E-state index is 11.4. The number of anilines is 1. The van der Waals surface area contributed by atoms with Gasteiger partial charge in [0.25, 0.3) is 0 Å². The molecule has 1 aliphatic heterocycles. The number of carbonyl (C=O) groups is 2. The Morgan fingerprint density at radius 2 is 2.31 bits per heavy atom. The molecule has 1 N–H and O–H groups in total. The first-order valence-electron chi connectivity index (χ1n) is 4.60. The smallest absolute Gasteiger partial charge is 0.319 e. The molecule has 0 radical (unpaired) electrons. The highest BCUT2D eigenvalue weighted by molar-refractivity contribution is 6.16. The fraction of sp³-hybridized carbons (Fsp3) is 0.500. The van der Waals surface area contributed by atoms with Crippen molar-refractivity contribution < 1.29 is 14.0 Å². The van der Waals surface area contributed by atoms with Crippen LogP contribution in [-0.2, 0) is 15.5 Å². The number of alkyl halides is 1. The van der Waals surface area contributed by atoms with Crippen LogP contribution in [0.25, 0.3) is 0 Å². The highest BCUT2D eigenvalue weighted by atomic mass is 35.5. The molecule has 1 aliphatic rings. The van der Waals surface area contributed by atoms with Gasteiger partial charge in [-0.05, 0) is 6.92 Å². The number of piperazine rings is 1. The van der Waals surface area contributed by atoms with E-state index >= 15 is 0 Å². The van der Waals surface area contributed by atoms with E-state index in [0.717, 1.165) is 0 Å². The molecule has 8 heteroatoms. The van der Waals surface area contributed by atoms with Gasteiger partial charge in [0.1, 0.15) is 18.5 Å². The molecule has 0 bridgehead atoms. The van der Waals surface area contributed by atoms with E-state index in [0.29, 0.717) is 0 Å². The Kier molecular flexibility index (Phi) is 2.78. The fourth-order valence-electron chi connectivity index (χ4n) is 1.36. The number of nitrogens with one attached hydrogen (secondary N) is 1. The van der Waals surface area contributed by atoms with Gasteiger partial charge in [0.2, 0.25) is 17.7 Å². The average molecular weight is 245 g/mol. The molecule has 1 fully saturated rings. The van der Waals surface area contributed by atoms with Crippen LogP contribution in [0.15, 0.2) is 4.42 Å². The summed E-state index contributed by atoms with van der Waals surface area (Å²) >= 11 is 5.51. The number of carbonyl (C=O) groups excluding carboxylic acids is 2. The van der Waals surface area contributed by atoms with Crippen LogP contribution in [0.4, 0.5) is 6.01 Å². The van der Waals surface area contributed by atoms with Gasteiger partial charge in [0.05, 0.1) is 0 Å². The zero-order valence-electron chi connectivity index (χ0n) is 8.44. The quantitative estimate of drug-likeness (QED) is 0.566. The molecule has 0 aliphatic carbocycles. The Morgan fingerprint density at radius 3 is 2.94 bits per heavy atom. The zero-order valence-corrected chi connectivity index (χ0v) is 9.19. The third kappa shape index (κ3) is 1.85. The highest BCUT2D eigenvalue weighted by Gasteiger charge is 2.33. The molecule has 2 amide bonds. The lowest BCUT2D eigenvalue weighted by Crippen LogP contribution is -2.57. The van der Waals surface area contributed by atoms with Crippen LogP contribution < -0.4 is 10.2 Å². The number of nitrogens with zero attached hydrogens (tertiary/aromatic N) is 3. The van der Waals surface area contributed by atoms with Gasteiger partial charge in [-0.25, -0.2) is 0 Å². The van der Waals surface area contributed by atoms with E-state index in [1.807, 2.05) is 0 Å². The van der Waals surface area contributed by atoms with Gasteiger partial charge in [0, 0.05) is 0 Å². The normalized spacial score (nSPS) is 21.1. The molecule has 0 saturated carbocycles. The van der Waals surface area contributed by atoms with Gasteiger partial charge in [0.15, 0.2) is 0 Å². The SMILES string of the molecule is CC1C(=O)NC(=O)CN1c1nnc(CCl)o1. The second-order valence-corrected chi connectivity index (χ2v) is 3.60. The van der Waals surface area contributed by atoms with Crippen LogP contribution >= 0.6 is 11.6 Å². The second kappa shape index (κ2) is 4.09. The summed E-state index contributed by atoms with van der Waals surface area (Å²) in [6.45, 7) is 1.66. The van der Waals surface area contributed by atoms with Crippen molar-refractivity contribution in [1.82, 2.24) is 15.5 Å². The maximum Gasteiger partial charge on any atom is 0.319 e. The standard InChI is InChI=1S/C8H9ClN4O3/c1-4-7(15)10-5(14)3-13(4)8-12-11-6(2-9)16-8/h4H,2-3H2,1H3,(H,10,14,15). The molecule has 2 heterocycles. The first kappa shape index (κ1) is 10.9. The minimum absolute atomic E-state index is 0.0107.